The number of methoxy groups -OCH3 is 1. The van der Waals surface area contributed by atoms with Crippen LogP contribution in [0.1, 0.15) is 12.5 Å². The first-order valence-corrected chi connectivity index (χ1v) is 12.2. The third-order valence-corrected chi connectivity index (χ3v) is 7.01. The van der Waals surface area contributed by atoms with Crippen LogP contribution in [0.5, 0.6) is 11.5 Å². The van der Waals surface area contributed by atoms with E-state index in [1.807, 2.05) is 19.1 Å². The van der Waals surface area contributed by atoms with E-state index in [4.69, 9.17) is 18.9 Å². The van der Waals surface area contributed by atoms with E-state index in [1.54, 1.807) is 12.1 Å². The molecule has 1 aliphatic heterocycles. The summed E-state index contributed by atoms with van der Waals surface area (Å²) in [6.45, 7) is 2.20. The fourth-order valence-electron chi connectivity index (χ4n) is 3.23. The van der Waals surface area contributed by atoms with Crippen LogP contribution in [0, 0.1) is 0 Å². The fourth-order valence-corrected chi connectivity index (χ4v) is 4.82. The van der Waals surface area contributed by atoms with Gasteiger partial charge < -0.3 is 24.3 Å². The Hall–Kier alpha value is -3.15. The molecule has 0 spiro atoms. The van der Waals surface area contributed by atoms with Crippen molar-refractivity contribution in [3.8, 4) is 11.5 Å². The number of anilines is 1. The number of aryl methyl sites for hydroxylation is 1. The molecule has 0 bridgehead atoms. The smallest absolute Gasteiger partial charge is 0.344 e. The second-order valence-electron chi connectivity index (χ2n) is 7.38. The summed E-state index contributed by atoms with van der Waals surface area (Å²) in [5.74, 6) is -0.661. The number of sulfonamides is 1. The van der Waals surface area contributed by atoms with Crippen molar-refractivity contribution in [1.29, 1.82) is 0 Å². The molecule has 0 atom stereocenters. The van der Waals surface area contributed by atoms with Gasteiger partial charge >= 0.3 is 5.97 Å². The number of hydrogen-bond acceptors (Lipinski definition) is 8. The van der Waals surface area contributed by atoms with Crippen molar-refractivity contribution < 1.29 is 37.0 Å². The highest BCUT2D eigenvalue weighted by Crippen LogP contribution is 2.30. The largest absolute Gasteiger partial charge is 0.495 e. The number of esters is 1. The zero-order chi connectivity index (χ0) is 24.6. The fraction of sp³-hybridized carbons (Fsp3) is 0.391. The summed E-state index contributed by atoms with van der Waals surface area (Å²) < 4.78 is 48.1. The summed E-state index contributed by atoms with van der Waals surface area (Å²) >= 11 is 0. The number of benzene rings is 2. The van der Waals surface area contributed by atoms with Gasteiger partial charge in [-0.15, -0.1) is 0 Å². The Morgan fingerprint density at radius 2 is 1.76 bits per heavy atom. The van der Waals surface area contributed by atoms with E-state index in [1.165, 1.54) is 29.6 Å². The Morgan fingerprint density at radius 3 is 2.41 bits per heavy atom. The standard InChI is InChI=1S/C23H28N2O8S/c1-3-17-4-7-19(8-5-17)32-16-23(27)33-15-22(26)24-18-6-9-20(30-2)21(14-18)34(28,29)25-10-12-31-13-11-25/h4-9,14H,3,10-13,15-16H2,1-2H3,(H,24,26). The Labute approximate surface area is 198 Å². The molecule has 2 aromatic rings. The van der Waals surface area contributed by atoms with Gasteiger partial charge in [0, 0.05) is 18.8 Å². The molecule has 34 heavy (non-hydrogen) atoms. The summed E-state index contributed by atoms with van der Waals surface area (Å²) in [5, 5.41) is 2.53. The van der Waals surface area contributed by atoms with Gasteiger partial charge in [0.1, 0.15) is 16.4 Å². The number of morpholine rings is 1. The van der Waals surface area contributed by atoms with Crippen molar-refractivity contribution in [1.82, 2.24) is 4.31 Å². The van der Waals surface area contributed by atoms with Crippen molar-refractivity contribution in [3.63, 3.8) is 0 Å². The summed E-state index contributed by atoms with van der Waals surface area (Å²) in [6, 6.07) is 11.6. The van der Waals surface area contributed by atoms with Crippen molar-refractivity contribution in [2.75, 3.05) is 51.9 Å². The predicted octanol–water partition coefficient (Wildman–Crippen LogP) is 1.84. The predicted molar refractivity (Wildman–Crippen MR) is 123 cm³/mol. The molecule has 1 fully saturated rings. The Bertz CT molecular complexity index is 1100. The molecule has 11 heteroatoms. The highest BCUT2D eigenvalue weighted by atomic mass is 32.2. The second-order valence-corrected chi connectivity index (χ2v) is 9.28. The van der Waals surface area contributed by atoms with E-state index in [0.717, 1.165) is 12.0 Å². The highest BCUT2D eigenvalue weighted by molar-refractivity contribution is 7.89. The van der Waals surface area contributed by atoms with Crippen LogP contribution in [0.25, 0.3) is 0 Å². The van der Waals surface area contributed by atoms with Crippen molar-refractivity contribution in [3.05, 3.63) is 48.0 Å². The molecule has 1 saturated heterocycles. The van der Waals surface area contributed by atoms with Gasteiger partial charge in [0.05, 0.1) is 20.3 Å². The minimum Gasteiger partial charge on any atom is -0.495 e. The lowest BCUT2D eigenvalue weighted by Gasteiger charge is -2.26. The van der Waals surface area contributed by atoms with Gasteiger partial charge in [0.25, 0.3) is 5.91 Å². The second kappa shape index (κ2) is 11.8. The lowest BCUT2D eigenvalue weighted by molar-refractivity contribution is -0.149. The van der Waals surface area contributed by atoms with Crippen LogP contribution in [-0.2, 0) is 35.5 Å². The van der Waals surface area contributed by atoms with Gasteiger partial charge in [-0.3, -0.25) is 4.79 Å². The summed E-state index contributed by atoms with van der Waals surface area (Å²) in [7, 11) is -2.49. The van der Waals surface area contributed by atoms with Crippen LogP contribution >= 0.6 is 0 Å². The van der Waals surface area contributed by atoms with Crippen molar-refractivity contribution >= 4 is 27.6 Å². The molecule has 1 amide bonds. The topological polar surface area (TPSA) is 120 Å². The van der Waals surface area contributed by atoms with E-state index in [0.29, 0.717) is 19.0 Å². The van der Waals surface area contributed by atoms with Crippen LogP contribution < -0.4 is 14.8 Å². The quantitative estimate of drug-likeness (QED) is 0.499. The Morgan fingerprint density at radius 1 is 1.06 bits per heavy atom. The molecule has 0 unspecified atom stereocenters. The van der Waals surface area contributed by atoms with Crippen molar-refractivity contribution in [2.45, 2.75) is 18.2 Å². The maximum absolute atomic E-state index is 13.0. The van der Waals surface area contributed by atoms with Gasteiger partial charge in [-0.05, 0) is 42.3 Å². The number of carbonyl (C=O) groups excluding carboxylic acids is 2. The lowest BCUT2D eigenvalue weighted by atomic mass is 10.2. The average Bonchev–Trinajstić information content (AvgIpc) is 2.87. The molecule has 10 nitrogen and oxygen atoms in total. The van der Waals surface area contributed by atoms with Gasteiger partial charge in [-0.2, -0.15) is 4.31 Å². The molecule has 0 saturated carbocycles. The molecule has 0 aromatic heterocycles. The first-order chi connectivity index (χ1) is 16.3. The number of nitrogens with one attached hydrogen (secondary N) is 1. The molecule has 0 aliphatic carbocycles. The molecular formula is C23H28N2O8S. The van der Waals surface area contributed by atoms with Crippen LogP contribution in [-0.4, -0.2) is 71.2 Å². The van der Waals surface area contributed by atoms with Crippen LogP contribution in [0.15, 0.2) is 47.4 Å². The molecule has 1 heterocycles. The maximum atomic E-state index is 13.0. The van der Waals surface area contributed by atoms with Gasteiger partial charge in [0.15, 0.2) is 13.2 Å². The SMILES string of the molecule is CCc1ccc(OCC(=O)OCC(=O)Nc2ccc(OC)c(S(=O)(=O)N3CCOCC3)c2)cc1. The normalized spacial score (nSPS) is 14.3. The number of amides is 1. The van der Waals surface area contributed by atoms with Gasteiger partial charge in [-0.25, -0.2) is 13.2 Å². The first-order valence-electron chi connectivity index (χ1n) is 10.8. The first kappa shape index (κ1) is 25.5. The zero-order valence-corrected chi connectivity index (χ0v) is 19.9. The van der Waals surface area contributed by atoms with Crippen LogP contribution in [0.3, 0.4) is 0 Å². The summed E-state index contributed by atoms with van der Waals surface area (Å²) in [6.07, 6.45) is 0.895. The molecular weight excluding hydrogens is 464 g/mol. The molecule has 0 radical (unpaired) electrons. The average molecular weight is 493 g/mol. The molecule has 184 valence electrons. The number of nitrogens with zero attached hydrogens (tertiary/aromatic N) is 1. The lowest BCUT2D eigenvalue weighted by Crippen LogP contribution is -2.40. The minimum absolute atomic E-state index is 0.0748. The minimum atomic E-state index is -3.85. The van der Waals surface area contributed by atoms with Crippen molar-refractivity contribution in [2.24, 2.45) is 0 Å². The molecule has 3 rings (SSSR count). The Balaban J connectivity index is 1.55. The highest BCUT2D eigenvalue weighted by Gasteiger charge is 2.29. The third kappa shape index (κ3) is 6.69. The molecule has 2 aromatic carbocycles. The third-order valence-electron chi connectivity index (χ3n) is 5.09. The summed E-state index contributed by atoms with van der Waals surface area (Å²) in [4.78, 5) is 24.1. The van der Waals surface area contributed by atoms with Gasteiger partial charge in [0.2, 0.25) is 10.0 Å². The Kier molecular flexibility index (Phi) is 8.85. The van der Waals surface area contributed by atoms with E-state index in [9.17, 15) is 18.0 Å². The van der Waals surface area contributed by atoms with Crippen LogP contribution in [0.2, 0.25) is 0 Å². The zero-order valence-electron chi connectivity index (χ0n) is 19.1. The number of ether oxygens (including phenoxy) is 4. The van der Waals surface area contributed by atoms with E-state index < -0.39 is 28.5 Å². The number of carbonyl (C=O) groups is 2. The molecule has 1 aliphatic rings. The molecule has 1 N–H and O–H groups in total. The number of rotatable bonds is 10. The maximum Gasteiger partial charge on any atom is 0.344 e. The monoisotopic (exact) mass is 492 g/mol. The summed E-state index contributed by atoms with van der Waals surface area (Å²) in [5.41, 5.74) is 1.37. The van der Waals surface area contributed by atoms with Gasteiger partial charge in [-0.1, -0.05) is 19.1 Å². The van der Waals surface area contributed by atoms with E-state index in [-0.39, 0.29) is 36.0 Å². The van der Waals surface area contributed by atoms with Crippen LogP contribution in [0.4, 0.5) is 5.69 Å². The number of hydrogen-bond donors (Lipinski definition) is 1. The van der Waals surface area contributed by atoms with E-state index in [2.05, 4.69) is 5.32 Å². The van der Waals surface area contributed by atoms with E-state index >= 15 is 0 Å².